The van der Waals surface area contributed by atoms with Gasteiger partial charge in [-0.05, 0) is 25.1 Å². The number of carbonyl (C=O) groups excluding carboxylic acids is 2. The first-order valence-electron chi connectivity index (χ1n) is 6.83. The molecule has 0 aliphatic carbocycles. The van der Waals surface area contributed by atoms with Crippen molar-refractivity contribution in [2.24, 2.45) is 0 Å². The normalized spacial score (nSPS) is 12.4. The van der Waals surface area contributed by atoms with Gasteiger partial charge in [-0.15, -0.1) is 0 Å². The maximum absolute atomic E-state index is 12.5. The fourth-order valence-electron chi connectivity index (χ4n) is 1.67. The first kappa shape index (κ1) is 18.7. The molecule has 0 aliphatic rings. The summed E-state index contributed by atoms with van der Waals surface area (Å²) in [6, 6.07) is 3.61. The molecule has 25 heavy (non-hydrogen) atoms. The van der Waals surface area contributed by atoms with E-state index in [-0.39, 0.29) is 11.4 Å². The molecule has 0 radical (unpaired) electrons. The summed E-state index contributed by atoms with van der Waals surface area (Å²) in [5.74, 6) is -1.85. The summed E-state index contributed by atoms with van der Waals surface area (Å²) < 4.78 is 42.6. The van der Waals surface area contributed by atoms with E-state index < -0.39 is 34.7 Å². The van der Waals surface area contributed by atoms with E-state index in [1.165, 1.54) is 31.5 Å². The average Bonchev–Trinajstić information content (AvgIpc) is 2.56. The number of nitrogens with one attached hydrogen (secondary N) is 1. The highest BCUT2D eigenvalue weighted by Crippen LogP contribution is 2.32. The first-order chi connectivity index (χ1) is 11.7. The fraction of sp³-hybridized carbons (Fsp3) is 0.200. The number of anilines is 1. The zero-order valence-corrected chi connectivity index (χ0v) is 13.4. The van der Waals surface area contributed by atoms with E-state index in [9.17, 15) is 22.8 Å². The number of nitrogens with zero attached hydrogens (tertiary/aromatic N) is 2. The minimum absolute atomic E-state index is 0.146. The highest BCUT2D eigenvalue weighted by atomic mass is 35.5. The molecule has 2 heterocycles. The third-order valence-electron chi connectivity index (χ3n) is 2.96. The summed E-state index contributed by atoms with van der Waals surface area (Å²) in [6.07, 6.45) is -2.57. The molecule has 1 N–H and O–H groups in total. The van der Waals surface area contributed by atoms with Crippen LogP contribution in [-0.4, -0.2) is 27.9 Å². The molecule has 0 aliphatic heterocycles. The van der Waals surface area contributed by atoms with Crippen LogP contribution in [0.15, 0.2) is 36.8 Å². The molecule has 2 aromatic heterocycles. The largest absolute Gasteiger partial charge is 0.449 e. The number of amides is 1. The Morgan fingerprint density at radius 3 is 2.60 bits per heavy atom. The maximum atomic E-state index is 12.5. The van der Waals surface area contributed by atoms with Crippen LogP contribution in [-0.2, 0) is 15.7 Å². The Balaban J connectivity index is 2.03. The van der Waals surface area contributed by atoms with Gasteiger partial charge in [0.1, 0.15) is 0 Å². The predicted molar refractivity (Wildman–Crippen MR) is 82.0 cm³/mol. The summed E-state index contributed by atoms with van der Waals surface area (Å²) in [5.41, 5.74) is -0.903. The van der Waals surface area contributed by atoms with Crippen molar-refractivity contribution in [2.45, 2.75) is 19.2 Å². The maximum Gasteiger partial charge on any atom is 0.417 e. The Morgan fingerprint density at radius 2 is 2.04 bits per heavy atom. The number of alkyl halides is 3. The molecule has 10 heteroatoms. The third kappa shape index (κ3) is 4.90. The molecule has 0 saturated carbocycles. The molecule has 0 saturated heterocycles. The van der Waals surface area contributed by atoms with Crippen LogP contribution in [0.5, 0.6) is 0 Å². The van der Waals surface area contributed by atoms with Crippen molar-refractivity contribution in [1.82, 2.24) is 9.97 Å². The summed E-state index contributed by atoms with van der Waals surface area (Å²) >= 11 is 5.69. The zero-order valence-electron chi connectivity index (χ0n) is 12.7. The van der Waals surface area contributed by atoms with Crippen molar-refractivity contribution in [3.05, 3.63) is 52.9 Å². The Bertz CT molecular complexity index is 785. The van der Waals surface area contributed by atoms with E-state index in [1.807, 2.05) is 0 Å². The van der Waals surface area contributed by atoms with E-state index >= 15 is 0 Å². The van der Waals surface area contributed by atoms with Crippen molar-refractivity contribution in [3.8, 4) is 0 Å². The van der Waals surface area contributed by atoms with Gasteiger partial charge in [0.25, 0.3) is 5.91 Å². The lowest BCUT2D eigenvalue weighted by atomic mass is 10.2. The molecule has 6 nitrogen and oxygen atoms in total. The number of esters is 1. The second-order valence-electron chi connectivity index (χ2n) is 4.83. The van der Waals surface area contributed by atoms with Gasteiger partial charge in [0, 0.05) is 18.6 Å². The Kier molecular flexibility index (Phi) is 5.58. The van der Waals surface area contributed by atoms with Gasteiger partial charge in [-0.1, -0.05) is 11.6 Å². The monoisotopic (exact) mass is 373 g/mol. The molecule has 1 atom stereocenters. The second-order valence-corrected chi connectivity index (χ2v) is 5.24. The van der Waals surface area contributed by atoms with Crippen LogP contribution in [0.1, 0.15) is 22.8 Å². The van der Waals surface area contributed by atoms with Gasteiger partial charge in [0.2, 0.25) is 0 Å². The quantitative estimate of drug-likeness (QED) is 0.831. The number of rotatable bonds is 4. The van der Waals surface area contributed by atoms with Crippen LogP contribution >= 0.6 is 11.6 Å². The molecular weight excluding hydrogens is 363 g/mol. The SMILES string of the molecule is C[C@H](OC(=O)c1cccnc1)C(=O)Nc1ncc(C(F)(F)F)cc1Cl. The number of carbonyl (C=O) groups is 2. The van der Waals surface area contributed by atoms with Gasteiger partial charge in [-0.2, -0.15) is 13.2 Å². The predicted octanol–water partition coefficient (Wildman–Crippen LogP) is 3.33. The molecule has 1 amide bonds. The van der Waals surface area contributed by atoms with E-state index in [0.29, 0.717) is 12.3 Å². The lowest BCUT2D eigenvalue weighted by Gasteiger charge is -2.14. The van der Waals surface area contributed by atoms with Crippen LogP contribution < -0.4 is 5.32 Å². The van der Waals surface area contributed by atoms with Crippen LogP contribution in [0.25, 0.3) is 0 Å². The van der Waals surface area contributed by atoms with E-state index in [2.05, 4.69) is 15.3 Å². The second kappa shape index (κ2) is 7.47. The summed E-state index contributed by atoms with van der Waals surface area (Å²) in [6.45, 7) is 1.29. The zero-order chi connectivity index (χ0) is 18.6. The fourth-order valence-corrected chi connectivity index (χ4v) is 1.88. The number of pyridine rings is 2. The molecular formula is C15H11ClF3N3O3. The summed E-state index contributed by atoms with van der Waals surface area (Å²) in [4.78, 5) is 31.0. The number of hydrogen-bond donors (Lipinski definition) is 1. The lowest BCUT2D eigenvalue weighted by Crippen LogP contribution is -2.30. The van der Waals surface area contributed by atoms with Gasteiger partial charge in [0.05, 0.1) is 16.1 Å². The topological polar surface area (TPSA) is 81.2 Å². The molecule has 0 unspecified atom stereocenters. The number of aromatic nitrogens is 2. The third-order valence-corrected chi connectivity index (χ3v) is 3.25. The van der Waals surface area contributed by atoms with Crippen molar-refractivity contribution in [3.63, 3.8) is 0 Å². The van der Waals surface area contributed by atoms with E-state index in [0.717, 1.165) is 0 Å². The smallest absolute Gasteiger partial charge is 0.417 e. The number of halogens is 4. The molecule has 2 aromatic rings. The van der Waals surface area contributed by atoms with Gasteiger partial charge >= 0.3 is 12.1 Å². The standard InChI is InChI=1S/C15H11ClF3N3O3/c1-8(25-14(24)9-3-2-4-20-6-9)13(23)22-12-11(16)5-10(7-21-12)15(17,18)19/h2-8H,1H3,(H,21,22,23)/t8-/m0/s1. The molecule has 0 spiro atoms. The van der Waals surface area contributed by atoms with Gasteiger partial charge in [0.15, 0.2) is 11.9 Å². The van der Waals surface area contributed by atoms with Gasteiger partial charge in [-0.3, -0.25) is 9.78 Å². The van der Waals surface area contributed by atoms with Crippen molar-refractivity contribution < 1.29 is 27.5 Å². The average molecular weight is 374 g/mol. The number of hydrogen-bond acceptors (Lipinski definition) is 5. The number of ether oxygens (including phenoxy) is 1. The molecule has 0 fully saturated rings. The highest BCUT2D eigenvalue weighted by Gasteiger charge is 2.32. The summed E-state index contributed by atoms with van der Waals surface area (Å²) in [7, 11) is 0. The summed E-state index contributed by atoms with van der Waals surface area (Å²) in [5, 5.41) is 1.81. The Morgan fingerprint density at radius 1 is 1.32 bits per heavy atom. The van der Waals surface area contributed by atoms with Crippen LogP contribution in [0.2, 0.25) is 5.02 Å². The van der Waals surface area contributed by atoms with E-state index in [1.54, 1.807) is 0 Å². The van der Waals surface area contributed by atoms with Gasteiger partial charge < -0.3 is 10.1 Å². The van der Waals surface area contributed by atoms with Crippen molar-refractivity contribution in [2.75, 3.05) is 5.32 Å². The first-order valence-corrected chi connectivity index (χ1v) is 7.21. The van der Waals surface area contributed by atoms with Crippen LogP contribution in [0.3, 0.4) is 0 Å². The van der Waals surface area contributed by atoms with E-state index in [4.69, 9.17) is 16.3 Å². The van der Waals surface area contributed by atoms with Crippen LogP contribution in [0.4, 0.5) is 19.0 Å². The van der Waals surface area contributed by atoms with Crippen molar-refractivity contribution >= 4 is 29.3 Å². The van der Waals surface area contributed by atoms with Crippen LogP contribution in [0, 0.1) is 0 Å². The molecule has 2 rings (SSSR count). The van der Waals surface area contributed by atoms with Gasteiger partial charge in [-0.25, -0.2) is 9.78 Å². The minimum Gasteiger partial charge on any atom is -0.449 e. The minimum atomic E-state index is -4.61. The molecule has 0 bridgehead atoms. The molecule has 132 valence electrons. The highest BCUT2D eigenvalue weighted by molar-refractivity contribution is 6.33. The van der Waals surface area contributed by atoms with Crippen molar-refractivity contribution in [1.29, 1.82) is 0 Å². The molecule has 0 aromatic carbocycles. The Hall–Kier alpha value is -2.68. The lowest BCUT2D eigenvalue weighted by molar-refractivity contribution is -0.137. The Labute approximate surface area is 145 Å².